The minimum Gasteiger partial charge on any atom is -0.487 e. The number of halogens is 2. The zero-order valence-electron chi connectivity index (χ0n) is 8.86. The van der Waals surface area contributed by atoms with Gasteiger partial charge in [0.05, 0.1) is 11.6 Å². The monoisotopic (exact) mass is 233 g/mol. The van der Waals surface area contributed by atoms with Crippen molar-refractivity contribution in [3.05, 3.63) is 42.0 Å². The minimum atomic E-state index is -2.51. The fourth-order valence-electron chi connectivity index (χ4n) is 1.65. The summed E-state index contributed by atoms with van der Waals surface area (Å²) in [5, 5.41) is 10.3. The van der Waals surface area contributed by atoms with E-state index in [0.717, 1.165) is 0 Å². The summed E-state index contributed by atoms with van der Waals surface area (Å²) in [5.41, 5.74) is 0.505. The quantitative estimate of drug-likeness (QED) is 0.814. The molecule has 2 aromatic rings. The van der Waals surface area contributed by atoms with Gasteiger partial charge in [-0.15, -0.1) is 0 Å². The van der Waals surface area contributed by atoms with E-state index in [0.29, 0.717) is 22.1 Å². The van der Waals surface area contributed by atoms with Crippen LogP contribution in [-0.4, -0.2) is 13.0 Å². The highest BCUT2D eigenvalue weighted by atomic mass is 19.3. The summed E-state index contributed by atoms with van der Waals surface area (Å²) >= 11 is 0. The van der Waals surface area contributed by atoms with E-state index < -0.39 is 13.0 Å². The third-order valence-electron chi connectivity index (χ3n) is 2.37. The molecule has 0 bridgehead atoms. The number of fused-ring (bicyclic) bond motifs is 1. The summed E-state index contributed by atoms with van der Waals surface area (Å²) in [6, 6.07) is 12.3. The molecule has 0 atom stereocenters. The molecule has 0 spiro atoms. The Balaban J connectivity index is 2.48. The van der Waals surface area contributed by atoms with Crippen LogP contribution in [-0.2, 0) is 0 Å². The number of rotatable bonds is 3. The van der Waals surface area contributed by atoms with Crippen LogP contribution >= 0.6 is 0 Å². The summed E-state index contributed by atoms with van der Waals surface area (Å²) in [4.78, 5) is 0. The number of hydrogen-bond acceptors (Lipinski definition) is 2. The number of hydrogen-bond donors (Lipinski definition) is 0. The van der Waals surface area contributed by atoms with Gasteiger partial charge in [-0.3, -0.25) is 0 Å². The maximum absolute atomic E-state index is 12.1. The number of nitriles is 1. The molecule has 0 aromatic heterocycles. The standard InChI is InChI=1S/C13H9F2NO/c14-13(15)8-17-12-6-5-9(7-16)10-3-1-2-4-11(10)12/h1-6,13H,8H2. The highest BCUT2D eigenvalue weighted by molar-refractivity contribution is 5.92. The number of benzene rings is 2. The molecule has 0 N–H and O–H groups in total. The normalized spacial score (nSPS) is 10.5. The largest absolute Gasteiger partial charge is 0.487 e. The Morgan fingerprint density at radius 3 is 2.47 bits per heavy atom. The Morgan fingerprint density at radius 2 is 1.82 bits per heavy atom. The highest BCUT2D eigenvalue weighted by Crippen LogP contribution is 2.28. The molecular weight excluding hydrogens is 224 g/mol. The van der Waals surface area contributed by atoms with E-state index in [2.05, 4.69) is 6.07 Å². The molecule has 0 radical (unpaired) electrons. The van der Waals surface area contributed by atoms with Crippen molar-refractivity contribution in [3.8, 4) is 11.8 Å². The predicted molar refractivity (Wildman–Crippen MR) is 60.2 cm³/mol. The van der Waals surface area contributed by atoms with Crippen LogP contribution in [0.25, 0.3) is 10.8 Å². The molecule has 0 aliphatic heterocycles. The van der Waals surface area contributed by atoms with Crippen LogP contribution in [0.3, 0.4) is 0 Å². The topological polar surface area (TPSA) is 33.0 Å². The average molecular weight is 233 g/mol. The Kier molecular flexibility index (Phi) is 3.20. The van der Waals surface area contributed by atoms with Crippen molar-refractivity contribution >= 4 is 10.8 Å². The van der Waals surface area contributed by atoms with E-state index >= 15 is 0 Å². The van der Waals surface area contributed by atoms with Crippen LogP contribution in [0.1, 0.15) is 5.56 Å². The molecule has 2 aromatic carbocycles. The van der Waals surface area contributed by atoms with E-state index in [9.17, 15) is 8.78 Å². The predicted octanol–water partition coefficient (Wildman–Crippen LogP) is 3.36. The summed E-state index contributed by atoms with van der Waals surface area (Å²) in [5.74, 6) is 0.375. The second-order valence-corrected chi connectivity index (χ2v) is 3.47. The zero-order valence-corrected chi connectivity index (χ0v) is 8.86. The Bertz CT molecular complexity index is 575. The number of ether oxygens (including phenoxy) is 1. The third-order valence-corrected chi connectivity index (χ3v) is 2.37. The first-order chi connectivity index (χ1) is 8.22. The fourth-order valence-corrected chi connectivity index (χ4v) is 1.65. The van der Waals surface area contributed by atoms with Crippen molar-refractivity contribution in [3.63, 3.8) is 0 Å². The first-order valence-electron chi connectivity index (χ1n) is 5.05. The second-order valence-electron chi connectivity index (χ2n) is 3.47. The molecule has 17 heavy (non-hydrogen) atoms. The average Bonchev–Trinajstić information content (AvgIpc) is 2.35. The van der Waals surface area contributed by atoms with Crippen LogP contribution in [0.2, 0.25) is 0 Å². The third kappa shape index (κ3) is 2.34. The zero-order chi connectivity index (χ0) is 12.3. The van der Waals surface area contributed by atoms with Gasteiger partial charge in [-0.1, -0.05) is 24.3 Å². The van der Waals surface area contributed by atoms with Crippen LogP contribution in [0, 0.1) is 11.3 Å². The summed E-state index contributed by atoms with van der Waals surface area (Å²) in [6.07, 6.45) is -2.51. The summed E-state index contributed by atoms with van der Waals surface area (Å²) in [7, 11) is 0. The van der Waals surface area contributed by atoms with E-state index in [4.69, 9.17) is 10.00 Å². The van der Waals surface area contributed by atoms with Crippen molar-refractivity contribution < 1.29 is 13.5 Å². The molecule has 0 saturated heterocycles. The van der Waals surface area contributed by atoms with E-state index in [-0.39, 0.29) is 0 Å². The molecule has 0 heterocycles. The molecule has 0 unspecified atom stereocenters. The lowest BCUT2D eigenvalue weighted by atomic mass is 10.0. The van der Waals surface area contributed by atoms with Gasteiger partial charge in [0.25, 0.3) is 6.43 Å². The van der Waals surface area contributed by atoms with Gasteiger partial charge in [0.2, 0.25) is 0 Å². The highest BCUT2D eigenvalue weighted by Gasteiger charge is 2.08. The van der Waals surface area contributed by atoms with Crippen LogP contribution in [0.15, 0.2) is 36.4 Å². The molecule has 0 fully saturated rings. The van der Waals surface area contributed by atoms with Crippen molar-refractivity contribution in [2.45, 2.75) is 6.43 Å². The number of nitrogens with zero attached hydrogens (tertiary/aromatic N) is 1. The minimum absolute atomic E-state index is 0.375. The smallest absolute Gasteiger partial charge is 0.272 e. The number of alkyl halides is 2. The Hall–Kier alpha value is -2.15. The van der Waals surface area contributed by atoms with Gasteiger partial charge in [-0.05, 0) is 12.1 Å². The van der Waals surface area contributed by atoms with E-state index in [1.165, 1.54) is 0 Å². The second kappa shape index (κ2) is 4.79. The molecule has 2 nitrogen and oxygen atoms in total. The van der Waals surface area contributed by atoms with Crippen LogP contribution in [0.4, 0.5) is 8.78 Å². The van der Waals surface area contributed by atoms with Crippen molar-refractivity contribution in [2.75, 3.05) is 6.61 Å². The van der Waals surface area contributed by atoms with Gasteiger partial charge in [0, 0.05) is 10.8 Å². The maximum Gasteiger partial charge on any atom is 0.272 e. The molecule has 2 rings (SSSR count). The van der Waals surface area contributed by atoms with Crippen molar-refractivity contribution in [1.29, 1.82) is 5.26 Å². The van der Waals surface area contributed by atoms with Gasteiger partial charge < -0.3 is 4.74 Å². The Labute approximate surface area is 97.0 Å². The lowest BCUT2D eigenvalue weighted by Crippen LogP contribution is -2.07. The molecule has 86 valence electrons. The first-order valence-corrected chi connectivity index (χ1v) is 5.05. The molecule has 0 saturated carbocycles. The molecule has 0 aliphatic rings. The van der Waals surface area contributed by atoms with Gasteiger partial charge in [0.1, 0.15) is 12.4 Å². The van der Waals surface area contributed by atoms with Gasteiger partial charge in [0.15, 0.2) is 0 Å². The molecule has 4 heteroatoms. The van der Waals surface area contributed by atoms with Gasteiger partial charge >= 0.3 is 0 Å². The maximum atomic E-state index is 12.1. The van der Waals surface area contributed by atoms with E-state index in [1.54, 1.807) is 36.4 Å². The van der Waals surface area contributed by atoms with Crippen LogP contribution in [0.5, 0.6) is 5.75 Å². The molecular formula is C13H9F2NO. The van der Waals surface area contributed by atoms with Crippen molar-refractivity contribution in [1.82, 2.24) is 0 Å². The lowest BCUT2D eigenvalue weighted by molar-refractivity contribution is 0.0826. The lowest BCUT2D eigenvalue weighted by Gasteiger charge is -2.09. The van der Waals surface area contributed by atoms with Gasteiger partial charge in [-0.2, -0.15) is 5.26 Å². The Morgan fingerprint density at radius 1 is 1.12 bits per heavy atom. The van der Waals surface area contributed by atoms with E-state index in [1.807, 2.05) is 0 Å². The van der Waals surface area contributed by atoms with Crippen molar-refractivity contribution in [2.24, 2.45) is 0 Å². The molecule has 0 aliphatic carbocycles. The molecule has 0 amide bonds. The van der Waals surface area contributed by atoms with Gasteiger partial charge in [-0.25, -0.2) is 8.78 Å². The SMILES string of the molecule is N#Cc1ccc(OCC(F)F)c2ccccc12. The summed E-state index contributed by atoms with van der Waals surface area (Å²) in [6.45, 7) is -0.643. The fraction of sp³-hybridized carbons (Fsp3) is 0.154. The first kappa shape index (κ1) is 11.3. The summed E-state index contributed by atoms with van der Waals surface area (Å²) < 4.78 is 29.2. The van der Waals surface area contributed by atoms with Crippen LogP contribution < -0.4 is 4.74 Å².